The molecule has 0 bridgehead atoms. The van der Waals surface area contributed by atoms with E-state index in [4.69, 9.17) is 4.74 Å². The molecule has 0 amide bonds. The Hall–Kier alpha value is -3.67. The van der Waals surface area contributed by atoms with Gasteiger partial charge in [0.05, 0.1) is 17.6 Å². The van der Waals surface area contributed by atoms with Crippen LogP contribution in [0.5, 0.6) is 5.75 Å². The van der Waals surface area contributed by atoms with Crippen LogP contribution < -0.4 is 10.1 Å². The molecule has 0 saturated carbocycles. The van der Waals surface area contributed by atoms with Crippen LogP contribution in [0, 0.1) is 17.0 Å². The third kappa shape index (κ3) is 5.44. The maximum absolute atomic E-state index is 12.9. The highest BCUT2D eigenvalue weighted by Gasteiger charge is 2.18. The van der Waals surface area contributed by atoms with Crippen LogP contribution in [0.4, 0.5) is 11.4 Å². The quantitative estimate of drug-likeness (QED) is 0.280. The number of carbonyl (C=O) groups excluding carboxylic acids is 1. The molecule has 154 valence electrons. The lowest BCUT2D eigenvalue weighted by molar-refractivity contribution is -0.384. The van der Waals surface area contributed by atoms with Gasteiger partial charge >= 0.3 is 0 Å². The Kier molecular flexibility index (Phi) is 6.80. The van der Waals surface area contributed by atoms with Crippen molar-refractivity contribution >= 4 is 17.2 Å². The van der Waals surface area contributed by atoms with Gasteiger partial charge in [0.2, 0.25) is 0 Å². The third-order valence-electron chi connectivity index (χ3n) is 4.75. The van der Waals surface area contributed by atoms with Crippen LogP contribution in [0.15, 0.2) is 72.8 Å². The van der Waals surface area contributed by atoms with Gasteiger partial charge in [0.25, 0.3) is 5.69 Å². The molecule has 3 rings (SSSR count). The molecular formula is C24H24N2O4. The molecule has 0 spiro atoms. The average molecular weight is 404 g/mol. The minimum atomic E-state index is -0.436. The minimum Gasteiger partial charge on any atom is -0.494 e. The zero-order valence-corrected chi connectivity index (χ0v) is 17.0. The van der Waals surface area contributed by atoms with Crippen molar-refractivity contribution in [1.29, 1.82) is 0 Å². The molecule has 0 saturated heterocycles. The molecular weight excluding hydrogens is 380 g/mol. The van der Waals surface area contributed by atoms with E-state index in [1.54, 1.807) is 12.1 Å². The largest absolute Gasteiger partial charge is 0.494 e. The molecule has 3 aromatic rings. The highest BCUT2D eigenvalue weighted by molar-refractivity contribution is 5.96. The van der Waals surface area contributed by atoms with Gasteiger partial charge in [-0.2, -0.15) is 0 Å². The number of Topliss-reactive ketones (excluding diaryl/α,β-unsaturated/α-hetero) is 1. The van der Waals surface area contributed by atoms with Gasteiger partial charge in [0, 0.05) is 29.8 Å². The number of hydrogen-bond acceptors (Lipinski definition) is 5. The highest BCUT2D eigenvalue weighted by Crippen LogP contribution is 2.28. The molecule has 1 atom stereocenters. The zero-order valence-electron chi connectivity index (χ0n) is 17.0. The first-order valence-electron chi connectivity index (χ1n) is 9.80. The molecule has 6 heteroatoms. The Labute approximate surface area is 175 Å². The molecule has 0 aliphatic carbocycles. The lowest BCUT2D eigenvalue weighted by atomic mass is 9.97. The average Bonchev–Trinajstić information content (AvgIpc) is 2.74. The van der Waals surface area contributed by atoms with E-state index in [2.05, 4.69) is 5.32 Å². The summed E-state index contributed by atoms with van der Waals surface area (Å²) in [4.78, 5) is 23.6. The molecule has 0 aliphatic heterocycles. The summed E-state index contributed by atoms with van der Waals surface area (Å²) in [5.41, 5.74) is 3.20. The van der Waals surface area contributed by atoms with E-state index in [9.17, 15) is 14.9 Å². The minimum absolute atomic E-state index is 0.00435. The number of benzene rings is 3. The Balaban J connectivity index is 1.87. The number of anilines is 1. The number of ether oxygens (including phenoxy) is 1. The molecule has 0 heterocycles. The van der Waals surface area contributed by atoms with Crippen LogP contribution in [0.2, 0.25) is 0 Å². The number of aryl methyl sites for hydroxylation is 1. The van der Waals surface area contributed by atoms with Crippen molar-refractivity contribution in [1.82, 2.24) is 0 Å². The number of rotatable bonds is 9. The second kappa shape index (κ2) is 9.69. The summed E-state index contributed by atoms with van der Waals surface area (Å²) in [5.74, 6) is 0.743. The summed E-state index contributed by atoms with van der Waals surface area (Å²) in [6.45, 7) is 4.46. The molecule has 3 aromatic carbocycles. The predicted molar refractivity (Wildman–Crippen MR) is 117 cm³/mol. The topological polar surface area (TPSA) is 81.5 Å². The van der Waals surface area contributed by atoms with E-state index in [0.717, 1.165) is 16.9 Å². The Morgan fingerprint density at radius 3 is 2.40 bits per heavy atom. The van der Waals surface area contributed by atoms with Gasteiger partial charge in [-0.15, -0.1) is 0 Å². The number of non-ortho nitro benzene ring substituents is 1. The molecule has 1 unspecified atom stereocenters. The lowest BCUT2D eigenvalue weighted by Gasteiger charge is -2.20. The first-order valence-corrected chi connectivity index (χ1v) is 9.80. The fourth-order valence-corrected chi connectivity index (χ4v) is 3.17. The summed E-state index contributed by atoms with van der Waals surface area (Å²) < 4.78 is 5.50. The number of carbonyl (C=O) groups is 1. The normalized spacial score (nSPS) is 11.5. The second-order valence-corrected chi connectivity index (χ2v) is 7.00. The van der Waals surface area contributed by atoms with Gasteiger partial charge in [-0.25, -0.2) is 0 Å². The summed E-state index contributed by atoms with van der Waals surface area (Å²) in [5, 5.41) is 14.4. The van der Waals surface area contributed by atoms with Crippen molar-refractivity contribution in [3.8, 4) is 5.75 Å². The van der Waals surface area contributed by atoms with E-state index < -0.39 is 4.92 Å². The molecule has 0 fully saturated rings. The molecule has 6 nitrogen and oxygen atoms in total. The van der Waals surface area contributed by atoms with Gasteiger partial charge in [-0.05, 0) is 37.6 Å². The van der Waals surface area contributed by atoms with E-state index in [-0.39, 0.29) is 23.9 Å². The van der Waals surface area contributed by atoms with Crippen LogP contribution in [0.1, 0.15) is 40.9 Å². The second-order valence-electron chi connectivity index (χ2n) is 7.00. The maximum atomic E-state index is 12.9. The number of nitro benzene ring substituents is 1. The SMILES string of the molecule is CCOc1ccc(C(CC(=O)c2ccc(C)cc2)Nc2cccc([N+](=O)[O-])c2)cc1. The van der Waals surface area contributed by atoms with Crippen LogP contribution in [-0.4, -0.2) is 17.3 Å². The van der Waals surface area contributed by atoms with Gasteiger partial charge < -0.3 is 10.1 Å². The monoisotopic (exact) mass is 404 g/mol. The maximum Gasteiger partial charge on any atom is 0.271 e. The highest BCUT2D eigenvalue weighted by atomic mass is 16.6. The van der Waals surface area contributed by atoms with E-state index >= 15 is 0 Å². The van der Waals surface area contributed by atoms with Crippen LogP contribution >= 0.6 is 0 Å². The van der Waals surface area contributed by atoms with Crippen LogP contribution in [-0.2, 0) is 0 Å². The first kappa shape index (κ1) is 21.0. The van der Waals surface area contributed by atoms with Crippen molar-refractivity contribution in [2.75, 3.05) is 11.9 Å². The fraction of sp³-hybridized carbons (Fsp3) is 0.208. The van der Waals surface area contributed by atoms with Crippen molar-refractivity contribution in [3.05, 3.63) is 99.6 Å². The number of nitro groups is 1. The fourth-order valence-electron chi connectivity index (χ4n) is 3.17. The number of ketones is 1. The van der Waals surface area contributed by atoms with Gasteiger partial charge in [0.15, 0.2) is 5.78 Å². The van der Waals surface area contributed by atoms with E-state index in [1.165, 1.54) is 12.1 Å². The standard InChI is InChI=1S/C24H24N2O4/c1-3-30-22-13-11-18(12-14-22)23(16-24(27)19-9-7-17(2)8-10-19)25-20-5-4-6-21(15-20)26(28)29/h4-15,23,25H,3,16H2,1-2H3. The number of nitrogens with zero attached hydrogens (tertiary/aromatic N) is 1. The smallest absolute Gasteiger partial charge is 0.271 e. The molecule has 0 aromatic heterocycles. The molecule has 0 radical (unpaired) electrons. The summed E-state index contributed by atoms with van der Waals surface area (Å²) in [6.07, 6.45) is 0.208. The predicted octanol–water partition coefficient (Wildman–Crippen LogP) is 5.73. The lowest BCUT2D eigenvalue weighted by Crippen LogP contribution is -2.16. The van der Waals surface area contributed by atoms with Crippen molar-refractivity contribution in [2.45, 2.75) is 26.3 Å². The van der Waals surface area contributed by atoms with Crippen LogP contribution in [0.25, 0.3) is 0 Å². The summed E-state index contributed by atoms with van der Waals surface area (Å²) in [7, 11) is 0. The Bertz CT molecular complexity index is 1010. The van der Waals surface area contributed by atoms with Gasteiger partial charge in [-0.3, -0.25) is 14.9 Å². The van der Waals surface area contributed by atoms with Gasteiger partial charge in [-0.1, -0.05) is 48.0 Å². The first-order chi connectivity index (χ1) is 14.5. The Morgan fingerprint density at radius 1 is 1.07 bits per heavy atom. The third-order valence-corrected chi connectivity index (χ3v) is 4.75. The molecule has 0 aliphatic rings. The Morgan fingerprint density at radius 2 is 1.77 bits per heavy atom. The van der Waals surface area contributed by atoms with Crippen molar-refractivity contribution in [2.24, 2.45) is 0 Å². The number of nitrogens with one attached hydrogen (secondary N) is 1. The van der Waals surface area contributed by atoms with E-state index in [0.29, 0.717) is 17.9 Å². The summed E-state index contributed by atoms with van der Waals surface area (Å²) >= 11 is 0. The van der Waals surface area contributed by atoms with Crippen molar-refractivity contribution in [3.63, 3.8) is 0 Å². The molecule has 1 N–H and O–H groups in total. The summed E-state index contributed by atoms with van der Waals surface area (Å²) in [6, 6.07) is 20.9. The van der Waals surface area contributed by atoms with Gasteiger partial charge in [0.1, 0.15) is 5.75 Å². The zero-order chi connectivity index (χ0) is 21.5. The van der Waals surface area contributed by atoms with E-state index in [1.807, 2.05) is 62.4 Å². The number of hydrogen-bond donors (Lipinski definition) is 1. The van der Waals surface area contributed by atoms with Crippen LogP contribution in [0.3, 0.4) is 0 Å². The van der Waals surface area contributed by atoms with Crippen molar-refractivity contribution < 1.29 is 14.5 Å². The molecule has 30 heavy (non-hydrogen) atoms.